The maximum Gasteiger partial charge on any atom is 0.163 e. The van der Waals surface area contributed by atoms with Crippen LogP contribution in [0.5, 0.6) is 11.5 Å². The minimum absolute atomic E-state index is 0.567. The minimum atomic E-state index is 0.567. The molecule has 5 nitrogen and oxygen atoms in total. The van der Waals surface area contributed by atoms with Crippen molar-refractivity contribution in [2.24, 2.45) is 0 Å². The fourth-order valence-corrected chi connectivity index (χ4v) is 2.42. The summed E-state index contributed by atoms with van der Waals surface area (Å²) in [5.41, 5.74) is 8.83. The normalized spacial score (nSPS) is 13.0. The van der Waals surface area contributed by atoms with E-state index in [0.717, 1.165) is 29.4 Å². The molecule has 0 radical (unpaired) electrons. The summed E-state index contributed by atoms with van der Waals surface area (Å²) in [6.45, 7) is 4.78. The Morgan fingerprint density at radius 1 is 1.19 bits per heavy atom. The van der Waals surface area contributed by atoms with E-state index in [9.17, 15) is 0 Å². The summed E-state index contributed by atoms with van der Waals surface area (Å²) in [5.74, 6) is 1.47. The average Bonchev–Trinajstić information content (AvgIpc) is 2.53. The third-order valence-electron chi connectivity index (χ3n) is 3.49. The van der Waals surface area contributed by atoms with Gasteiger partial charge < -0.3 is 20.1 Å². The molecule has 0 aliphatic carbocycles. The molecule has 0 amide bonds. The number of hydrogen-bond acceptors (Lipinski definition) is 5. The van der Waals surface area contributed by atoms with Gasteiger partial charge in [-0.05, 0) is 19.1 Å². The van der Waals surface area contributed by atoms with Crippen molar-refractivity contribution in [1.29, 1.82) is 0 Å². The maximum atomic E-state index is 6.18. The van der Waals surface area contributed by atoms with Gasteiger partial charge in [0.25, 0.3) is 0 Å². The lowest BCUT2D eigenvalue weighted by Gasteiger charge is -2.27. The van der Waals surface area contributed by atoms with Crippen molar-refractivity contribution in [3.63, 3.8) is 0 Å². The van der Waals surface area contributed by atoms with Crippen molar-refractivity contribution in [1.82, 2.24) is 4.98 Å². The molecular weight excluding hydrogens is 266 g/mol. The minimum Gasteiger partial charge on any atom is -0.486 e. The molecule has 0 saturated carbocycles. The monoisotopic (exact) mass is 285 g/mol. The van der Waals surface area contributed by atoms with Crippen molar-refractivity contribution in [3.05, 3.63) is 42.2 Å². The second-order valence-electron chi connectivity index (χ2n) is 4.89. The van der Waals surface area contributed by atoms with Crippen molar-refractivity contribution >= 4 is 11.4 Å². The Hall–Kier alpha value is -2.43. The number of pyridine rings is 1. The van der Waals surface area contributed by atoms with Crippen LogP contribution in [0.4, 0.5) is 11.4 Å². The van der Waals surface area contributed by atoms with Crippen LogP contribution >= 0.6 is 0 Å². The lowest BCUT2D eigenvalue weighted by atomic mass is 10.2. The van der Waals surface area contributed by atoms with E-state index in [4.69, 9.17) is 15.2 Å². The van der Waals surface area contributed by atoms with E-state index in [0.29, 0.717) is 25.4 Å². The predicted octanol–water partition coefficient (Wildman–Crippen LogP) is 2.46. The van der Waals surface area contributed by atoms with Gasteiger partial charge in [0.2, 0.25) is 0 Å². The van der Waals surface area contributed by atoms with Crippen molar-refractivity contribution < 1.29 is 9.47 Å². The number of hydrogen-bond donors (Lipinski definition) is 1. The average molecular weight is 285 g/mol. The second kappa shape index (κ2) is 5.91. The van der Waals surface area contributed by atoms with Crippen LogP contribution in [0.15, 0.2) is 36.5 Å². The summed E-state index contributed by atoms with van der Waals surface area (Å²) >= 11 is 0. The Bertz CT molecular complexity index is 616. The molecule has 2 aromatic rings. The molecule has 0 unspecified atom stereocenters. The second-order valence-corrected chi connectivity index (χ2v) is 4.89. The Kier molecular flexibility index (Phi) is 3.81. The maximum absolute atomic E-state index is 6.18. The molecule has 1 aromatic heterocycles. The van der Waals surface area contributed by atoms with Crippen LogP contribution in [0.1, 0.15) is 12.6 Å². The fourth-order valence-electron chi connectivity index (χ4n) is 2.42. The zero-order valence-electron chi connectivity index (χ0n) is 12.1. The summed E-state index contributed by atoms with van der Waals surface area (Å²) in [6.07, 6.45) is 1.80. The van der Waals surface area contributed by atoms with Crippen LogP contribution in [0.2, 0.25) is 0 Å². The first-order chi connectivity index (χ1) is 10.3. The number of rotatable bonds is 4. The molecule has 1 aliphatic heterocycles. The Morgan fingerprint density at radius 3 is 2.62 bits per heavy atom. The van der Waals surface area contributed by atoms with Crippen LogP contribution in [0, 0.1) is 0 Å². The summed E-state index contributed by atoms with van der Waals surface area (Å²) in [7, 11) is 0. The number of aromatic nitrogens is 1. The number of benzene rings is 1. The zero-order valence-corrected chi connectivity index (χ0v) is 12.1. The van der Waals surface area contributed by atoms with E-state index in [-0.39, 0.29) is 0 Å². The van der Waals surface area contributed by atoms with Gasteiger partial charge in [-0.1, -0.05) is 6.07 Å². The Labute approximate surface area is 124 Å². The van der Waals surface area contributed by atoms with Gasteiger partial charge in [-0.25, -0.2) is 0 Å². The lowest BCUT2D eigenvalue weighted by Crippen LogP contribution is -2.24. The van der Waals surface area contributed by atoms with E-state index in [1.165, 1.54) is 0 Å². The third-order valence-corrected chi connectivity index (χ3v) is 3.49. The Morgan fingerprint density at radius 2 is 1.95 bits per heavy atom. The van der Waals surface area contributed by atoms with Crippen LogP contribution in [-0.4, -0.2) is 24.7 Å². The first kappa shape index (κ1) is 13.5. The molecule has 1 aromatic carbocycles. The van der Waals surface area contributed by atoms with E-state index in [1.807, 2.05) is 30.3 Å². The SMILES string of the molecule is CCN(Cc1ccccn1)c1cc2c(cc1N)OCCO2. The molecule has 1 aliphatic rings. The molecule has 5 heteroatoms. The number of nitrogens with two attached hydrogens (primary N) is 1. The van der Waals surface area contributed by atoms with Crippen LogP contribution in [0.3, 0.4) is 0 Å². The van der Waals surface area contributed by atoms with Crippen LogP contribution < -0.4 is 20.1 Å². The van der Waals surface area contributed by atoms with Gasteiger partial charge in [0, 0.05) is 24.9 Å². The van der Waals surface area contributed by atoms with Crippen molar-refractivity contribution in [3.8, 4) is 11.5 Å². The molecule has 0 bridgehead atoms. The van der Waals surface area contributed by atoms with Gasteiger partial charge in [-0.15, -0.1) is 0 Å². The molecule has 2 heterocycles. The molecule has 0 atom stereocenters. The summed E-state index contributed by atoms with van der Waals surface area (Å²) in [4.78, 5) is 6.55. The highest BCUT2D eigenvalue weighted by molar-refractivity contribution is 5.73. The molecule has 3 rings (SSSR count). The first-order valence-corrected chi connectivity index (χ1v) is 7.12. The topological polar surface area (TPSA) is 60.6 Å². The highest BCUT2D eigenvalue weighted by Crippen LogP contribution is 2.38. The van der Waals surface area contributed by atoms with Crippen molar-refractivity contribution in [2.75, 3.05) is 30.4 Å². The zero-order chi connectivity index (χ0) is 14.7. The highest BCUT2D eigenvalue weighted by atomic mass is 16.6. The van der Waals surface area contributed by atoms with Gasteiger partial charge >= 0.3 is 0 Å². The highest BCUT2D eigenvalue weighted by Gasteiger charge is 2.17. The largest absolute Gasteiger partial charge is 0.486 e. The molecule has 0 fully saturated rings. The first-order valence-electron chi connectivity index (χ1n) is 7.12. The van der Waals surface area contributed by atoms with Gasteiger partial charge in [-0.3, -0.25) is 4.98 Å². The molecular formula is C16H19N3O2. The smallest absolute Gasteiger partial charge is 0.163 e. The molecule has 21 heavy (non-hydrogen) atoms. The number of nitrogen functional groups attached to an aromatic ring is 1. The summed E-state index contributed by atoms with van der Waals surface area (Å²) in [6, 6.07) is 9.71. The van der Waals surface area contributed by atoms with Gasteiger partial charge in [0.1, 0.15) is 13.2 Å². The number of anilines is 2. The van der Waals surface area contributed by atoms with Crippen molar-refractivity contribution in [2.45, 2.75) is 13.5 Å². The van der Waals surface area contributed by atoms with Gasteiger partial charge in [0.15, 0.2) is 11.5 Å². The number of ether oxygens (including phenoxy) is 2. The van der Waals surface area contributed by atoms with E-state index in [1.54, 1.807) is 6.20 Å². The van der Waals surface area contributed by atoms with E-state index >= 15 is 0 Å². The Balaban J connectivity index is 1.90. The molecule has 110 valence electrons. The fraction of sp³-hybridized carbons (Fsp3) is 0.312. The molecule has 2 N–H and O–H groups in total. The van der Waals surface area contributed by atoms with E-state index in [2.05, 4.69) is 16.8 Å². The van der Waals surface area contributed by atoms with Crippen LogP contribution in [-0.2, 0) is 6.54 Å². The van der Waals surface area contributed by atoms with Gasteiger partial charge in [-0.2, -0.15) is 0 Å². The van der Waals surface area contributed by atoms with E-state index < -0.39 is 0 Å². The summed E-state index contributed by atoms with van der Waals surface area (Å²) in [5, 5.41) is 0. The third kappa shape index (κ3) is 2.86. The standard InChI is InChI=1S/C16H19N3O2/c1-2-19(11-12-5-3-4-6-18-12)14-10-16-15(9-13(14)17)20-7-8-21-16/h3-6,9-10H,2,7-8,11,17H2,1H3. The number of fused-ring (bicyclic) bond motifs is 1. The quantitative estimate of drug-likeness (QED) is 0.874. The lowest BCUT2D eigenvalue weighted by molar-refractivity contribution is 0.172. The van der Waals surface area contributed by atoms with Crippen LogP contribution in [0.25, 0.3) is 0 Å². The molecule has 0 spiro atoms. The van der Waals surface area contributed by atoms with Gasteiger partial charge in [0.05, 0.1) is 23.6 Å². The number of nitrogens with zero attached hydrogens (tertiary/aromatic N) is 2. The predicted molar refractivity (Wildman–Crippen MR) is 82.8 cm³/mol. The molecule has 0 saturated heterocycles. The summed E-state index contributed by atoms with van der Waals surface area (Å²) < 4.78 is 11.2.